The molecule has 0 aromatic rings. The SMILES string of the molecule is CC1=CCC(Cl)=C1CCC1=C(Cl)CC=C1C.[Zr]. The Morgan fingerprint density at radius 2 is 1.24 bits per heavy atom. The molecule has 90 valence electrons. The van der Waals surface area contributed by atoms with E-state index in [1.54, 1.807) is 0 Å². The van der Waals surface area contributed by atoms with E-state index in [2.05, 4.69) is 26.0 Å². The summed E-state index contributed by atoms with van der Waals surface area (Å²) in [4.78, 5) is 0. The quantitative estimate of drug-likeness (QED) is 0.637. The molecule has 0 radical (unpaired) electrons. The first kappa shape index (κ1) is 15.5. The first-order valence-electron chi connectivity index (χ1n) is 5.69. The number of allylic oxidation sites excluding steroid dienone is 8. The summed E-state index contributed by atoms with van der Waals surface area (Å²) in [5.41, 5.74) is 5.30. The van der Waals surface area contributed by atoms with Gasteiger partial charge < -0.3 is 0 Å². The Morgan fingerprint density at radius 1 is 0.882 bits per heavy atom. The van der Waals surface area contributed by atoms with Crippen LogP contribution >= 0.6 is 23.2 Å². The standard InChI is InChI=1S/C14H16Cl2.Zr/c1-9-3-7-13(15)11(9)5-6-12-10(2)4-8-14(12)16;/h3-4H,5-8H2,1-2H3;. The van der Waals surface area contributed by atoms with Gasteiger partial charge in [0, 0.05) is 49.1 Å². The van der Waals surface area contributed by atoms with Gasteiger partial charge >= 0.3 is 0 Å². The summed E-state index contributed by atoms with van der Waals surface area (Å²) in [6.07, 6.45) is 8.24. The molecule has 0 spiro atoms. The monoisotopic (exact) mass is 344 g/mol. The second kappa shape index (κ2) is 6.55. The molecule has 2 aliphatic rings. The maximum absolute atomic E-state index is 6.20. The van der Waals surface area contributed by atoms with Gasteiger partial charge in [0.2, 0.25) is 0 Å². The Morgan fingerprint density at radius 3 is 1.47 bits per heavy atom. The molecule has 2 aliphatic carbocycles. The number of hydrogen-bond acceptors (Lipinski definition) is 0. The van der Waals surface area contributed by atoms with Crippen LogP contribution in [0, 0.1) is 0 Å². The summed E-state index contributed by atoms with van der Waals surface area (Å²) < 4.78 is 0. The zero-order valence-corrected chi connectivity index (χ0v) is 14.2. The van der Waals surface area contributed by atoms with Crippen LogP contribution in [0.3, 0.4) is 0 Å². The van der Waals surface area contributed by atoms with E-state index in [-0.39, 0.29) is 26.2 Å². The zero-order valence-electron chi connectivity index (χ0n) is 10.2. The fourth-order valence-corrected chi connectivity index (χ4v) is 2.96. The van der Waals surface area contributed by atoms with Gasteiger partial charge in [0.15, 0.2) is 0 Å². The van der Waals surface area contributed by atoms with Crippen LogP contribution < -0.4 is 0 Å². The van der Waals surface area contributed by atoms with Crippen LogP contribution in [-0.4, -0.2) is 0 Å². The summed E-state index contributed by atoms with van der Waals surface area (Å²) in [5.74, 6) is 0. The molecule has 0 nitrogen and oxygen atoms in total. The topological polar surface area (TPSA) is 0 Å². The van der Waals surface area contributed by atoms with Crippen molar-refractivity contribution >= 4 is 23.2 Å². The summed E-state index contributed by atoms with van der Waals surface area (Å²) in [6.45, 7) is 4.27. The van der Waals surface area contributed by atoms with Crippen molar-refractivity contribution in [2.45, 2.75) is 39.5 Å². The molecule has 0 aliphatic heterocycles. The Bertz CT molecular complexity index is 397. The van der Waals surface area contributed by atoms with Gasteiger partial charge in [0.25, 0.3) is 0 Å². The van der Waals surface area contributed by atoms with Crippen molar-refractivity contribution in [1.29, 1.82) is 0 Å². The maximum atomic E-state index is 6.20. The second-order valence-electron chi connectivity index (χ2n) is 4.45. The van der Waals surface area contributed by atoms with Crippen LogP contribution in [0.4, 0.5) is 0 Å². The van der Waals surface area contributed by atoms with Gasteiger partial charge in [0.1, 0.15) is 0 Å². The van der Waals surface area contributed by atoms with Crippen molar-refractivity contribution in [2.24, 2.45) is 0 Å². The van der Waals surface area contributed by atoms with Crippen molar-refractivity contribution in [1.82, 2.24) is 0 Å². The smallest absolute Gasteiger partial charge is 0.0253 e. The van der Waals surface area contributed by atoms with Crippen LogP contribution in [0.15, 0.2) is 44.5 Å². The van der Waals surface area contributed by atoms with Gasteiger partial charge in [-0.05, 0) is 37.8 Å². The molecule has 0 unspecified atom stereocenters. The second-order valence-corrected chi connectivity index (χ2v) is 5.36. The molecular weight excluding hydrogens is 330 g/mol. The molecule has 0 bridgehead atoms. The molecular formula is C14H16Cl2Zr. The largest absolute Gasteiger partial charge is 0.0885 e. The molecule has 0 saturated carbocycles. The molecule has 2 rings (SSSR count). The van der Waals surface area contributed by atoms with Gasteiger partial charge in [-0.15, -0.1) is 0 Å². The van der Waals surface area contributed by atoms with Gasteiger partial charge in [-0.25, -0.2) is 0 Å². The zero-order chi connectivity index (χ0) is 11.7. The minimum absolute atomic E-state index is 0. The summed E-state index contributed by atoms with van der Waals surface area (Å²) in [6, 6.07) is 0. The minimum atomic E-state index is 0. The average molecular weight is 346 g/mol. The van der Waals surface area contributed by atoms with Crippen molar-refractivity contribution in [3.63, 3.8) is 0 Å². The molecule has 0 aromatic carbocycles. The van der Waals surface area contributed by atoms with Crippen LogP contribution in [0.1, 0.15) is 39.5 Å². The third-order valence-corrected chi connectivity index (χ3v) is 4.17. The fraction of sp³-hybridized carbons (Fsp3) is 0.429. The third-order valence-electron chi connectivity index (χ3n) is 3.41. The Labute approximate surface area is 133 Å². The van der Waals surface area contributed by atoms with Crippen molar-refractivity contribution in [2.75, 3.05) is 0 Å². The van der Waals surface area contributed by atoms with E-state index in [0.29, 0.717) is 0 Å². The molecule has 3 heteroatoms. The first-order valence-corrected chi connectivity index (χ1v) is 6.44. The van der Waals surface area contributed by atoms with E-state index in [4.69, 9.17) is 23.2 Å². The van der Waals surface area contributed by atoms with Gasteiger partial charge in [-0.1, -0.05) is 46.5 Å². The van der Waals surface area contributed by atoms with Crippen LogP contribution in [-0.2, 0) is 26.2 Å². The molecule has 0 heterocycles. The predicted molar refractivity (Wildman–Crippen MR) is 71.7 cm³/mol. The minimum Gasteiger partial charge on any atom is -0.0885 e. The molecule has 0 N–H and O–H groups in total. The molecule has 0 fully saturated rings. The van der Waals surface area contributed by atoms with Gasteiger partial charge in [0.05, 0.1) is 0 Å². The Hall–Kier alpha value is 0.423. The van der Waals surface area contributed by atoms with E-state index < -0.39 is 0 Å². The molecule has 0 aromatic heterocycles. The van der Waals surface area contributed by atoms with Crippen molar-refractivity contribution in [3.05, 3.63) is 44.5 Å². The van der Waals surface area contributed by atoms with E-state index in [1.807, 2.05) is 0 Å². The summed E-state index contributed by atoms with van der Waals surface area (Å²) in [5, 5.41) is 2.02. The number of hydrogen-bond donors (Lipinski definition) is 0. The molecule has 17 heavy (non-hydrogen) atoms. The molecule has 0 atom stereocenters. The third kappa shape index (κ3) is 3.46. The maximum Gasteiger partial charge on any atom is 0.0253 e. The average Bonchev–Trinajstić information content (AvgIpc) is 2.72. The summed E-state index contributed by atoms with van der Waals surface area (Å²) >= 11 is 12.4. The first-order chi connectivity index (χ1) is 7.59. The summed E-state index contributed by atoms with van der Waals surface area (Å²) in [7, 11) is 0. The van der Waals surface area contributed by atoms with Gasteiger partial charge in [-0.2, -0.15) is 0 Å². The van der Waals surface area contributed by atoms with Crippen molar-refractivity contribution < 1.29 is 26.2 Å². The van der Waals surface area contributed by atoms with E-state index in [9.17, 15) is 0 Å². The fourth-order valence-electron chi connectivity index (χ4n) is 2.32. The van der Waals surface area contributed by atoms with Gasteiger partial charge in [-0.3, -0.25) is 0 Å². The van der Waals surface area contributed by atoms with E-state index in [0.717, 1.165) is 35.7 Å². The van der Waals surface area contributed by atoms with E-state index in [1.165, 1.54) is 22.3 Å². The number of rotatable bonds is 3. The Balaban J connectivity index is 0.00000144. The van der Waals surface area contributed by atoms with Crippen LogP contribution in [0.25, 0.3) is 0 Å². The normalized spacial score (nSPS) is 19.5. The van der Waals surface area contributed by atoms with Crippen molar-refractivity contribution in [3.8, 4) is 0 Å². The van der Waals surface area contributed by atoms with Crippen LogP contribution in [0.2, 0.25) is 0 Å². The Kier molecular flexibility index (Phi) is 5.96. The molecule has 0 amide bonds. The predicted octanol–water partition coefficient (Wildman–Crippen LogP) is 5.45. The van der Waals surface area contributed by atoms with E-state index >= 15 is 0 Å². The van der Waals surface area contributed by atoms with Crippen LogP contribution in [0.5, 0.6) is 0 Å². The molecule has 0 saturated heterocycles. The number of halogens is 2.